The van der Waals surface area contributed by atoms with Gasteiger partial charge in [0, 0.05) is 0 Å². The van der Waals surface area contributed by atoms with Crippen LogP contribution in [0.5, 0.6) is 0 Å². The molecule has 0 aromatic heterocycles. The number of hydrogen-bond donors (Lipinski definition) is 1. The van der Waals surface area contributed by atoms with Crippen LogP contribution in [0.25, 0.3) is 0 Å². The van der Waals surface area contributed by atoms with Crippen LogP contribution in [0.15, 0.2) is 30.3 Å². The Bertz CT molecular complexity index is 328. The number of carbonyl (C=O) groups excluding carboxylic acids is 2. The molecule has 2 amide bonds. The number of rotatable bonds is 5. The Morgan fingerprint density at radius 1 is 1.29 bits per heavy atom. The van der Waals surface area contributed by atoms with Gasteiger partial charge in [0.05, 0.1) is 0 Å². The molecule has 0 atom stereocenters. The van der Waals surface area contributed by atoms with Crippen molar-refractivity contribution in [2.24, 2.45) is 4.99 Å². The summed E-state index contributed by atoms with van der Waals surface area (Å²) in [4.78, 5) is 25.8. The summed E-state index contributed by atoms with van der Waals surface area (Å²) in [5.41, 5.74) is 0. The SMILES string of the molecule is C=CCOC(=O)/N=C(/NC(=O)OCC=C)[Se]C. The Hall–Kier alpha value is -1.59. The molecule has 0 aromatic carbocycles. The number of ether oxygens (including phenoxy) is 2. The summed E-state index contributed by atoms with van der Waals surface area (Å²) in [5, 5.41) is 2.35. The third-order valence-corrected chi connectivity index (χ3v) is 2.47. The van der Waals surface area contributed by atoms with Crippen molar-refractivity contribution < 1.29 is 19.1 Å². The molecule has 17 heavy (non-hydrogen) atoms. The zero-order chi connectivity index (χ0) is 13.1. The number of carbonyl (C=O) groups is 2. The summed E-state index contributed by atoms with van der Waals surface area (Å²) in [6.45, 7) is 6.96. The molecular weight excluding hydrogens is 291 g/mol. The Balaban J connectivity index is 4.25. The van der Waals surface area contributed by atoms with Gasteiger partial charge in [0.1, 0.15) is 0 Å². The number of alkyl carbamates (subject to hydrolysis) is 1. The van der Waals surface area contributed by atoms with Crippen LogP contribution < -0.4 is 5.32 Å². The van der Waals surface area contributed by atoms with Crippen molar-refractivity contribution in [3.05, 3.63) is 25.3 Å². The first-order valence-corrected chi connectivity index (χ1v) is 7.16. The zero-order valence-corrected chi connectivity index (χ0v) is 11.2. The molecule has 0 fully saturated rings. The second-order valence-corrected chi connectivity index (χ2v) is 4.17. The molecule has 0 radical (unpaired) electrons. The topological polar surface area (TPSA) is 77.0 Å². The number of nitrogens with zero attached hydrogens (tertiary/aromatic N) is 1. The first-order valence-electron chi connectivity index (χ1n) is 4.59. The molecule has 0 aliphatic heterocycles. The molecule has 0 aromatic rings. The van der Waals surface area contributed by atoms with Gasteiger partial charge in [0.15, 0.2) is 0 Å². The van der Waals surface area contributed by atoms with Crippen molar-refractivity contribution in [1.82, 2.24) is 5.32 Å². The van der Waals surface area contributed by atoms with E-state index in [-0.39, 0.29) is 32.9 Å². The van der Waals surface area contributed by atoms with E-state index in [0.717, 1.165) is 0 Å². The number of aliphatic imine (C=N–C) groups is 1. The first kappa shape index (κ1) is 15.4. The fourth-order valence-electron chi connectivity index (χ4n) is 0.628. The van der Waals surface area contributed by atoms with E-state index in [1.54, 1.807) is 5.82 Å². The fourth-order valence-corrected chi connectivity index (χ4v) is 1.36. The van der Waals surface area contributed by atoms with Gasteiger partial charge < -0.3 is 0 Å². The van der Waals surface area contributed by atoms with Gasteiger partial charge >= 0.3 is 106 Å². The van der Waals surface area contributed by atoms with E-state index in [1.807, 2.05) is 0 Å². The van der Waals surface area contributed by atoms with E-state index >= 15 is 0 Å². The average molecular weight is 305 g/mol. The van der Waals surface area contributed by atoms with E-state index in [0.29, 0.717) is 0 Å². The number of nitrogens with one attached hydrogen (secondary N) is 1. The van der Waals surface area contributed by atoms with E-state index in [4.69, 9.17) is 0 Å². The van der Waals surface area contributed by atoms with Gasteiger partial charge in [-0.15, -0.1) is 0 Å². The van der Waals surface area contributed by atoms with Crippen molar-refractivity contribution in [2.45, 2.75) is 5.82 Å². The van der Waals surface area contributed by atoms with Crippen LogP contribution in [0.2, 0.25) is 5.82 Å². The quantitative estimate of drug-likeness (QED) is 0.360. The van der Waals surface area contributed by atoms with Gasteiger partial charge in [-0.25, -0.2) is 0 Å². The minimum absolute atomic E-state index is 0.0766. The Morgan fingerprint density at radius 2 is 1.88 bits per heavy atom. The standard InChI is InChI=1S/C10H14N2O4Se/c1-4-6-15-9(13)11-8(17-3)12-10(14)16-7-5-2/h4-5H,1-2,6-7H2,3H3,(H,11,12,13,14). The molecule has 0 saturated heterocycles. The van der Waals surface area contributed by atoms with Crippen molar-refractivity contribution in [3.63, 3.8) is 0 Å². The molecule has 1 N–H and O–H groups in total. The van der Waals surface area contributed by atoms with Gasteiger partial charge in [0.2, 0.25) is 0 Å². The Labute approximate surface area is 106 Å². The summed E-state index contributed by atoms with van der Waals surface area (Å²) in [7, 11) is 0. The molecule has 0 unspecified atom stereocenters. The molecule has 0 aliphatic carbocycles. The molecule has 0 aliphatic rings. The van der Waals surface area contributed by atoms with E-state index in [1.165, 1.54) is 12.2 Å². The summed E-state index contributed by atoms with van der Waals surface area (Å²) >= 11 is -0.166. The van der Waals surface area contributed by atoms with Gasteiger partial charge in [-0.2, -0.15) is 0 Å². The number of hydrogen-bond acceptors (Lipinski definition) is 4. The summed E-state index contributed by atoms with van der Waals surface area (Å²) in [6.07, 6.45) is 1.42. The molecule has 0 rings (SSSR count). The van der Waals surface area contributed by atoms with Crippen LogP contribution in [-0.2, 0) is 9.47 Å². The fraction of sp³-hybridized carbons (Fsp3) is 0.300. The molecule has 0 saturated carbocycles. The van der Waals surface area contributed by atoms with Crippen LogP contribution >= 0.6 is 0 Å². The van der Waals surface area contributed by atoms with Crippen LogP contribution in [0, 0.1) is 0 Å². The molecule has 0 spiro atoms. The van der Waals surface area contributed by atoms with E-state index < -0.39 is 12.2 Å². The zero-order valence-electron chi connectivity index (χ0n) is 9.47. The van der Waals surface area contributed by atoms with Gasteiger partial charge in [-0.05, 0) is 0 Å². The summed E-state index contributed by atoms with van der Waals surface area (Å²) in [5.74, 6) is 1.79. The maximum absolute atomic E-state index is 11.1. The van der Waals surface area contributed by atoms with Crippen molar-refractivity contribution in [3.8, 4) is 0 Å². The third kappa shape index (κ3) is 8.24. The Morgan fingerprint density at radius 3 is 2.41 bits per heavy atom. The maximum atomic E-state index is 11.1. The van der Waals surface area contributed by atoms with Crippen LogP contribution in [0.3, 0.4) is 0 Å². The van der Waals surface area contributed by atoms with Gasteiger partial charge in [0.25, 0.3) is 0 Å². The van der Waals surface area contributed by atoms with Crippen LogP contribution in [0.1, 0.15) is 0 Å². The second kappa shape index (κ2) is 9.62. The minimum atomic E-state index is -0.771. The molecule has 7 heteroatoms. The Kier molecular flexibility index (Phi) is 8.72. The monoisotopic (exact) mass is 306 g/mol. The average Bonchev–Trinajstić information content (AvgIpc) is 2.32. The van der Waals surface area contributed by atoms with Crippen LogP contribution in [-0.4, -0.2) is 45.1 Å². The van der Waals surface area contributed by atoms with E-state index in [2.05, 4.69) is 32.9 Å². The second-order valence-electron chi connectivity index (χ2n) is 2.50. The molecule has 6 nitrogen and oxygen atoms in total. The first-order chi connectivity index (χ1) is 8.13. The molecule has 0 heterocycles. The summed E-state index contributed by atoms with van der Waals surface area (Å²) in [6, 6.07) is 0. The van der Waals surface area contributed by atoms with Crippen molar-refractivity contribution >= 4 is 31.9 Å². The van der Waals surface area contributed by atoms with Crippen molar-refractivity contribution in [2.75, 3.05) is 13.2 Å². The molecule has 0 bridgehead atoms. The van der Waals surface area contributed by atoms with Crippen LogP contribution in [0.4, 0.5) is 9.59 Å². The number of amidine groups is 1. The van der Waals surface area contributed by atoms with Gasteiger partial charge in [-0.1, -0.05) is 0 Å². The van der Waals surface area contributed by atoms with E-state index in [9.17, 15) is 9.59 Å². The predicted octanol–water partition coefficient (Wildman–Crippen LogP) is 1.33. The summed E-state index contributed by atoms with van der Waals surface area (Å²) < 4.78 is 9.56. The normalized spacial score (nSPS) is 10.3. The third-order valence-electron chi connectivity index (χ3n) is 1.25. The van der Waals surface area contributed by atoms with Crippen molar-refractivity contribution in [1.29, 1.82) is 0 Å². The number of amides is 2. The predicted molar refractivity (Wildman–Crippen MR) is 65.3 cm³/mol. The van der Waals surface area contributed by atoms with Gasteiger partial charge in [-0.3, -0.25) is 0 Å². The molecule has 94 valence electrons. The molecular formula is C10H14N2O4Se.